The van der Waals surface area contributed by atoms with Crippen molar-refractivity contribution in [2.24, 2.45) is 20.5 Å². The summed E-state index contributed by atoms with van der Waals surface area (Å²) in [5.74, 6) is -1.10. The van der Waals surface area contributed by atoms with Crippen LogP contribution in [0.2, 0.25) is 0 Å². The number of anilines is 2. The molecule has 20 nitrogen and oxygen atoms in total. The summed E-state index contributed by atoms with van der Waals surface area (Å²) in [4.78, 5) is -0.931. The highest BCUT2D eigenvalue weighted by Crippen LogP contribution is 2.48. The van der Waals surface area contributed by atoms with Crippen LogP contribution in [0.1, 0.15) is 11.1 Å². The Morgan fingerprint density at radius 1 is 0.552 bits per heavy atom. The molecule has 0 saturated heterocycles. The molecule has 0 amide bonds. The minimum atomic E-state index is -4.95. The van der Waals surface area contributed by atoms with Crippen LogP contribution < -0.4 is 11.5 Å². The van der Waals surface area contributed by atoms with Crippen molar-refractivity contribution in [3.05, 3.63) is 83.9 Å². The lowest BCUT2D eigenvalue weighted by Crippen LogP contribution is -2.05. The van der Waals surface area contributed by atoms with Crippen molar-refractivity contribution >= 4 is 100.0 Å². The zero-order valence-electron chi connectivity index (χ0n) is 29.5. The molecular weight excluding hydrogens is 845 g/mol. The lowest BCUT2D eigenvalue weighted by Gasteiger charge is -2.13. The second kappa shape index (κ2) is 16.8. The van der Waals surface area contributed by atoms with Gasteiger partial charge >= 0.3 is 0 Å². The number of phenolic OH excluding ortho intramolecular Hbond substituents is 2. The van der Waals surface area contributed by atoms with Gasteiger partial charge < -0.3 is 21.7 Å². The number of aryl methyl sites for hydroxylation is 2. The van der Waals surface area contributed by atoms with Crippen molar-refractivity contribution < 1.29 is 65.4 Å². The number of nitrogens with zero attached hydrogens (tertiary/aromatic N) is 4. The van der Waals surface area contributed by atoms with Crippen LogP contribution in [0, 0.1) is 13.8 Å². The molecule has 6 rings (SSSR count). The van der Waals surface area contributed by atoms with Crippen molar-refractivity contribution in [1.82, 2.24) is 0 Å². The van der Waals surface area contributed by atoms with Crippen molar-refractivity contribution in [2.45, 2.75) is 33.4 Å². The maximum absolute atomic E-state index is 12.2. The normalized spacial score (nSPS) is 12.4. The third kappa shape index (κ3) is 8.53. The van der Waals surface area contributed by atoms with E-state index in [-0.39, 0.29) is 32.8 Å². The molecule has 0 aliphatic rings. The average molecular weight is 873 g/mol. The van der Waals surface area contributed by atoms with Crippen LogP contribution in [0.3, 0.4) is 0 Å². The number of benzene rings is 6. The monoisotopic (exact) mass is 872 g/mol. The molecule has 58 heavy (non-hydrogen) atoms. The summed E-state index contributed by atoms with van der Waals surface area (Å²) in [7, 11) is -9.83. The molecule has 0 heterocycles. The molecule has 0 radical (unpaired) electrons. The Morgan fingerprint density at radius 2 is 1.02 bits per heavy atom. The number of aromatic hydroxyl groups is 2. The number of hydrogen-bond acceptors (Lipinski definition) is 20. The lowest BCUT2D eigenvalue weighted by molar-refractivity contribution is -0.432. The van der Waals surface area contributed by atoms with Crippen LogP contribution in [-0.4, -0.2) is 46.7 Å². The van der Waals surface area contributed by atoms with E-state index in [0.29, 0.717) is 56.9 Å². The largest absolute Gasteiger partial charge is 0.505 e. The number of azo groups is 2. The van der Waals surface area contributed by atoms with Crippen LogP contribution in [0.4, 0.5) is 34.1 Å². The lowest BCUT2D eigenvalue weighted by atomic mass is 10.0. The van der Waals surface area contributed by atoms with E-state index >= 15 is 0 Å². The van der Waals surface area contributed by atoms with Crippen LogP contribution >= 0.6 is 24.1 Å². The molecule has 0 aliphatic heterocycles. The van der Waals surface area contributed by atoms with Gasteiger partial charge in [-0.05, 0) is 84.6 Å². The summed E-state index contributed by atoms with van der Waals surface area (Å²) in [5, 5.41) is 63.2. The molecule has 10 N–H and O–H groups in total. The highest BCUT2D eigenvalue weighted by atomic mass is 32.2. The van der Waals surface area contributed by atoms with Gasteiger partial charge in [0.15, 0.2) is 11.5 Å². The van der Waals surface area contributed by atoms with E-state index < -0.39 is 52.5 Å². The molecule has 6 aromatic carbocycles. The number of rotatable bonds is 13. The smallest absolute Gasteiger partial charge is 0.296 e. The van der Waals surface area contributed by atoms with Gasteiger partial charge in [0.05, 0.1) is 62.5 Å². The fraction of sp³-hybridized carbons (Fsp3) is 0.0588. The van der Waals surface area contributed by atoms with Gasteiger partial charge in [-0.25, -0.2) is 10.5 Å². The van der Waals surface area contributed by atoms with Crippen molar-refractivity contribution in [1.29, 1.82) is 0 Å². The van der Waals surface area contributed by atoms with Gasteiger partial charge in [0.25, 0.3) is 20.2 Å². The molecule has 0 saturated carbocycles. The molecule has 0 spiro atoms. The summed E-state index contributed by atoms with van der Waals surface area (Å²) in [6.07, 6.45) is 0. The number of nitrogen functional groups attached to an aromatic ring is 2. The zero-order valence-corrected chi connectivity index (χ0v) is 32.7. The van der Waals surface area contributed by atoms with Crippen molar-refractivity contribution in [2.75, 3.05) is 11.5 Å². The van der Waals surface area contributed by atoms with E-state index in [4.69, 9.17) is 22.0 Å². The Bertz CT molecular complexity index is 2910. The van der Waals surface area contributed by atoms with Crippen molar-refractivity contribution in [3.8, 4) is 22.6 Å². The zero-order chi connectivity index (χ0) is 42.1. The minimum absolute atomic E-state index is 0.0221. The van der Waals surface area contributed by atoms with Gasteiger partial charge in [-0.3, -0.25) is 9.11 Å². The van der Waals surface area contributed by atoms with Gasteiger partial charge in [0.1, 0.15) is 21.2 Å². The van der Waals surface area contributed by atoms with Gasteiger partial charge in [-0.1, -0.05) is 34.3 Å². The van der Waals surface area contributed by atoms with E-state index in [1.54, 1.807) is 50.2 Å². The minimum Gasteiger partial charge on any atom is -0.505 e. The number of nitrogens with two attached hydrogens (primary N) is 2. The molecule has 302 valence electrons. The van der Waals surface area contributed by atoms with Crippen molar-refractivity contribution in [3.63, 3.8) is 0 Å². The number of hydrogen-bond donors (Lipinski definition) is 8. The van der Waals surface area contributed by atoms with E-state index in [1.807, 2.05) is 6.07 Å². The number of phenols is 2. The molecule has 0 atom stereocenters. The van der Waals surface area contributed by atoms with E-state index in [9.17, 15) is 36.2 Å². The Balaban J connectivity index is 1.30. The molecule has 0 aliphatic carbocycles. The van der Waals surface area contributed by atoms with Gasteiger partial charge in [-0.15, -0.1) is 18.9 Å². The molecule has 0 bridgehead atoms. The molecule has 24 heteroatoms. The first-order chi connectivity index (χ1) is 27.4. The van der Waals surface area contributed by atoms with Gasteiger partial charge in [-0.2, -0.15) is 27.1 Å². The summed E-state index contributed by atoms with van der Waals surface area (Å²) in [6, 6.07) is 17.5. The first kappa shape index (κ1) is 42.1. The third-order valence-corrected chi connectivity index (χ3v) is 11.7. The second-order valence-electron chi connectivity index (χ2n) is 12.1. The highest BCUT2D eigenvalue weighted by Gasteiger charge is 2.25. The summed E-state index contributed by atoms with van der Waals surface area (Å²) >= 11 is 1.19. The predicted molar refractivity (Wildman–Crippen MR) is 211 cm³/mol. The Kier molecular flexibility index (Phi) is 12.2. The van der Waals surface area contributed by atoms with Crippen LogP contribution in [-0.2, 0) is 39.0 Å². The summed E-state index contributed by atoms with van der Waals surface area (Å²) in [6.45, 7) is 3.50. The second-order valence-corrected chi connectivity index (χ2v) is 16.4. The first-order valence-corrected chi connectivity index (χ1v) is 20.3. The predicted octanol–water partition coefficient (Wildman–Crippen LogP) is 9.03. The topological polar surface area (TPSA) is 328 Å². The molecular formula is C34H28N6O14S4. The fourth-order valence-corrected chi connectivity index (χ4v) is 8.14. The Morgan fingerprint density at radius 3 is 1.52 bits per heavy atom. The van der Waals surface area contributed by atoms with E-state index in [2.05, 4.69) is 39.2 Å². The SMILES string of the molecule is Cc1cc(-c2ccc(N=Nc3cc(S(=O)(=O)O)c4ccc(S(=O)(=O)O)c(N)c4c3O)c(C)c2)ccc1N=Nc1cc(SOOO)c2ccc(SOOO)c(N)c2c1O. The summed E-state index contributed by atoms with van der Waals surface area (Å²) < 4.78 is 76.7. The maximum Gasteiger partial charge on any atom is 0.296 e. The Hall–Kier alpha value is -5.48. The molecule has 0 fully saturated rings. The van der Waals surface area contributed by atoms with Gasteiger partial charge in [0.2, 0.25) is 0 Å². The quantitative estimate of drug-likeness (QED) is 0.0134. The Labute approximate surface area is 336 Å². The third-order valence-electron chi connectivity index (χ3n) is 8.56. The standard InChI is InChI=1S/C34H28N6O14S4/c1-15-11-17(3-7-21(15)37-39-23-13-26(56-54-52-44)19-5-9-25(55-53-51-43)31(35)29(19)33(23)41)18-4-8-22(16(2)12-18)38-40-24-14-28(58(48,49)50)20-6-10-27(57(45,46)47)32(36)30(20)34(24)42/h3-14,41-44H,35-36H2,1-2H3,(H,45,46,47)(H,48,49,50). The summed E-state index contributed by atoms with van der Waals surface area (Å²) in [5.41, 5.74) is 14.6. The molecule has 0 unspecified atom stereocenters. The molecule has 6 aromatic rings. The van der Waals surface area contributed by atoms with E-state index in [0.717, 1.165) is 29.3 Å². The van der Waals surface area contributed by atoms with E-state index in [1.165, 1.54) is 12.1 Å². The average Bonchev–Trinajstić information content (AvgIpc) is 3.16. The highest BCUT2D eigenvalue weighted by molar-refractivity contribution is 7.95. The van der Waals surface area contributed by atoms with Crippen LogP contribution in [0.25, 0.3) is 32.7 Å². The molecule has 0 aromatic heterocycles. The fourth-order valence-electron chi connectivity index (χ4n) is 5.86. The van der Waals surface area contributed by atoms with Gasteiger partial charge in [0, 0.05) is 15.7 Å². The van der Waals surface area contributed by atoms with Crippen LogP contribution in [0.15, 0.2) is 113 Å². The number of fused-ring (bicyclic) bond motifs is 2. The van der Waals surface area contributed by atoms with Crippen LogP contribution in [0.5, 0.6) is 11.5 Å². The first-order valence-electron chi connectivity index (χ1n) is 15.9. The maximum atomic E-state index is 12.2.